The Balaban J connectivity index is 2.35. The molecule has 2 N–H and O–H groups in total. The SMILES string of the molecule is Cc1ccc(Nc2c[n+](O)ccc2[N+](=O)[O-])cc1. The largest absolute Gasteiger partial charge is 0.345 e. The first-order valence-electron chi connectivity index (χ1n) is 5.29. The molecule has 6 heteroatoms. The third-order valence-electron chi connectivity index (χ3n) is 2.45. The Bertz CT molecular complexity index is 582. The van der Waals surface area contributed by atoms with Crippen molar-refractivity contribution in [2.24, 2.45) is 0 Å². The molecule has 1 aromatic heterocycles. The summed E-state index contributed by atoms with van der Waals surface area (Å²) in [7, 11) is 0. The van der Waals surface area contributed by atoms with Crippen molar-refractivity contribution in [2.75, 3.05) is 5.32 Å². The van der Waals surface area contributed by atoms with Gasteiger partial charge in [0.05, 0.1) is 11.0 Å². The van der Waals surface area contributed by atoms with Crippen molar-refractivity contribution >= 4 is 17.1 Å². The highest BCUT2D eigenvalue weighted by Crippen LogP contribution is 2.25. The van der Waals surface area contributed by atoms with Gasteiger partial charge in [-0.15, -0.1) is 0 Å². The predicted octanol–water partition coefficient (Wildman–Crippen LogP) is 2.17. The van der Waals surface area contributed by atoms with Crippen molar-refractivity contribution < 1.29 is 14.9 Å². The van der Waals surface area contributed by atoms with E-state index >= 15 is 0 Å². The van der Waals surface area contributed by atoms with Crippen LogP contribution in [0.2, 0.25) is 0 Å². The van der Waals surface area contributed by atoms with Crippen LogP contribution in [0.25, 0.3) is 0 Å². The lowest BCUT2D eigenvalue weighted by Gasteiger charge is -2.05. The normalized spacial score (nSPS) is 10.1. The van der Waals surface area contributed by atoms with E-state index in [0.717, 1.165) is 16.0 Å². The predicted molar refractivity (Wildman–Crippen MR) is 64.9 cm³/mol. The van der Waals surface area contributed by atoms with Crippen LogP contribution in [0.1, 0.15) is 5.56 Å². The Kier molecular flexibility index (Phi) is 3.09. The molecule has 0 saturated heterocycles. The number of hydrogen-bond donors (Lipinski definition) is 2. The fourth-order valence-corrected chi connectivity index (χ4v) is 1.53. The van der Waals surface area contributed by atoms with Crippen LogP contribution in [0.15, 0.2) is 42.7 Å². The minimum Gasteiger partial charge on any atom is -0.345 e. The molecule has 0 aliphatic carbocycles. The van der Waals surface area contributed by atoms with Crippen LogP contribution in [0.5, 0.6) is 0 Å². The number of aryl methyl sites for hydroxylation is 1. The highest BCUT2D eigenvalue weighted by Gasteiger charge is 2.18. The summed E-state index contributed by atoms with van der Waals surface area (Å²) >= 11 is 0. The van der Waals surface area contributed by atoms with Gasteiger partial charge in [-0.3, -0.25) is 15.3 Å². The zero-order chi connectivity index (χ0) is 13.1. The third kappa shape index (κ3) is 2.54. The van der Waals surface area contributed by atoms with Crippen molar-refractivity contribution in [3.63, 3.8) is 0 Å². The molecular weight excluding hydrogens is 234 g/mol. The number of nitrogens with zero attached hydrogens (tertiary/aromatic N) is 2. The molecule has 0 bridgehead atoms. The molecule has 0 aliphatic heterocycles. The summed E-state index contributed by atoms with van der Waals surface area (Å²) in [6, 6.07) is 8.65. The molecule has 92 valence electrons. The summed E-state index contributed by atoms with van der Waals surface area (Å²) in [5, 5.41) is 23.0. The van der Waals surface area contributed by atoms with Crippen molar-refractivity contribution in [3.05, 3.63) is 58.4 Å². The first-order chi connectivity index (χ1) is 8.56. The minimum absolute atomic E-state index is 0.0964. The number of anilines is 2. The van der Waals surface area contributed by atoms with E-state index in [1.165, 1.54) is 18.5 Å². The van der Waals surface area contributed by atoms with E-state index in [-0.39, 0.29) is 11.4 Å². The van der Waals surface area contributed by atoms with Gasteiger partial charge < -0.3 is 5.32 Å². The summed E-state index contributed by atoms with van der Waals surface area (Å²) in [5.41, 5.74) is 1.95. The highest BCUT2D eigenvalue weighted by molar-refractivity contribution is 5.67. The molecule has 0 atom stereocenters. The van der Waals surface area contributed by atoms with Crippen LogP contribution < -0.4 is 10.0 Å². The van der Waals surface area contributed by atoms with Gasteiger partial charge >= 0.3 is 5.69 Å². The Morgan fingerprint density at radius 3 is 2.56 bits per heavy atom. The molecule has 6 nitrogen and oxygen atoms in total. The average Bonchev–Trinajstić information content (AvgIpc) is 2.32. The van der Waals surface area contributed by atoms with Gasteiger partial charge in [-0.05, 0) is 19.1 Å². The summed E-state index contributed by atoms with van der Waals surface area (Å²) in [4.78, 5) is 10.3. The molecule has 0 radical (unpaired) electrons. The van der Waals surface area contributed by atoms with Crippen LogP contribution in [-0.2, 0) is 0 Å². The van der Waals surface area contributed by atoms with E-state index in [1.807, 2.05) is 31.2 Å². The molecular formula is C12H12N3O3+. The van der Waals surface area contributed by atoms with E-state index in [4.69, 9.17) is 0 Å². The number of nitrogens with one attached hydrogen (secondary N) is 1. The number of hydrogen-bond acceptors (Lipinski definition) is 4. The van der Waals surface area contributed by atoms with E-state index in [9.17, 15) is 15.3 Å². The Hall–Kier alpha value is -2.63. The Morgan fingerprint density at radius 2 is 1.94 bits per heavy atom. The smallest absolute Gasteiger partial charge is 0.305 e. The number of pyridine rings is 1. The van der Waals surface area contributed by atoms with Crippen LogP contribution in [0.3, 0.4) is 0 Å². The van der Waals surface area contributed by atoms with Gasteiger partial charge in [-0.2, -0.15) is 0 Å². The fraction of sp³-hybridized carbons (Fsp3) is 0.0833. The Labute approximate surface area is 103 Å². The maximum absolute atomic E-state index is 10.9. The summed E-state index contributed by atoms with van der Waals surface area (Å²) < 4.78 is 0.767. The average molecular weight is 246 g/mol. The Morgan fingerprint density at radius 1 is 1.28 bits per heavy atom. The van der Waals surface area contributed by atoms with Crippen molar-refractivity contribution in [3.8, 4) is 0 Å². The van der Waals surface area contributed by atoms with Crippen LogP contribution in [0, 0.1) is 17.0 Å². The summed E-state index contributed by atoms with van der Waals surface area (Å²) in [6.45, 7) is 1.95. The molecule has 1 heterocycles. The van der Waals surface area contributed by atoms with Crippen molar-refractivity contribution in [1.29, 1.82) is 0 Å². The molecule has 1 aromatic carbocycles. The zero-order valence-corrected chi connectivity index (χ0v) is 9.70. The van der Waals surface area contributed by atoms with Gasteiger partial charge in [-0.1, -0.05) is 17.7 Å². The molecule has 0 aliphatic rings. The van der Waals surface area contributed by atoms with Gasteiger partial charge in [-0.25, -0.2) is 0 Å². The fourth-order valence-electron chi connectivity index (χ4n) is 1.53. The van der Waals surface area contributed by atoms with E-state index in [2.05, 4.69) is 5.32 Å². The molecule has 0 fully saturated rings. The number of aromatic nitrogens is 1. The number of benzene rings is 1. The summed E-state index contributed by atoms with van der Waals surface area (Å²) in [5.74, 6) is 0. The van der Waals surface area contributed by atoms with Crippen LogP contribution in [0.4, 0.5) is 17.1 Å². The lowest BCUT2D eigenvalue weighted by molar-refractivity contribution is -0.904. The molecule has 0 amide bonds. The maximum atomic E-state index is 10.9. The highest BCUT2D eigenvalue weighted by atomic mass is 16.6. The molecule has 0 spiro atoms. The van der Waals surface area contributed by atoms with Gasteiger partial charge in [0, 0.05) is 10.4 Å². The van der Waals surface area contributed by atoms with E-state index in [0.29, 0.717) is 0 Å². The number of nitro groups is 1. The number of rotatable bonds is 3. The second kappa shape index (κ2) is 4.70. The molecule has 0 unspecified atom stereocenters. The van der Waals surface area contributed by atoms with Crippen LogP contribution >= 0.6 is 0 Å². The van der Waals surface area contributed by atoms with Gasteiger partial charge in [0.2, 0.25) is 6.20 Å². The zero-order valence-electron chi connectivity index (χ0n) is 9.70. The molecule has 0 saturated carbocycles. The summed E-state index contributed by atoms with van der Waals surface area (Å²) in [6.07, 6.45) is 2.45. The van der Waals surface area contributed by atoms with Gasteiger partial charge in [0.15, 0.2) is 5.69 Å². The topological polar surface area (TPSA) is 79.3 Å². The van der Waals surface area contributed by atoms with Gasteiger partial charge in [0.25, 0.3) is 6.20 Å². The van der Waals surface area contributed by atoms with E-state index < -0.39 is 4.92 Å². The standard InChI is InChI=1S/C12H12N3O3/c1-9-2-4-10(5-3-9)13-11-8-14(16)7-6-12(11)15(17)18/h2-8,13,16H,1H3/q+1. The molecule has 2 aromatic rings. The van der Waals surface area contributed by atoms with Crippen LogP contribution in [-0.4, -0.2) is 10.1 Å². The first kappa shape index (κ1) is 11.8. The quantitative estimate of drug-likeness (QED) is 0.376. The van der Waals surface area contributed by atoms with Crippen molar-refractivity contribution in [1.82, 2.24) is 0 Å². The lowest BCUT2D eigenvalue weighted by atomic mass is 10.2. The molecule has 2 rings (SSSR count). The van der Waals surface area contributed by atoms with E-state index in [1.54, 1.807) is 0 Å². The minimum atomic E-state index is -0.503. The lowest BCUT2D eigenvalue weighted by Crippen LogP contribution is -2.29. The third-order valence-corrected chi connectivity index (χ3v) is 2.45. The monoisotopic (exact) mass is 246 g/mol. The maximum Gasteiger partial charge on any atom is 0.305 e. The first-order valence-corrected chi connectivity index (χ1v) is 5.29. The molecule has 18 heavy (non-hydrogen) atoms. The van der Waals surface area contributed by atoms with Crippen molar-refractivity contribution in [2.45, 2.75) is 6.92 Å². The second-order valence-corrected chi connectivity index (χ2v) is 3.87. The van der Waals surface area contributed by atoms with Gasteiger partial charge in [0.1, 0.15) is 0 Å². The second-order valence-electron chi connectivity index (χ2n) is 3.87.